The summed E-state index contributed by atoms with van der Waals surface area (Å²) in [5, 5.41) is 0. The molecule has 1 aliphatic rings. The maximum atomic E-state index is 12.6. The second-order valence-corrected chi connectivity index (χ2v) is 6.61. The second-order valence-electron chi connectivity index (χ2n) is 4.85. The normalized spacial score (nSPS) is 19.9. The van der Waals surface area contributed by atoms with Crippen LogP contribution in [0.3, 0.4) is 0 Å². The maximum Gasteiger partial charge on any atom is 0.416 e. The zero-order valence-corrected chi connectivity index (χ0v) is 12.0. The van der Waals surface area contributed by atoms with Crippen LogP contribution in [0.15, 0.2) is 29.2 Å². The van der Waals surface area contributed by atoms with E-state index in [4.69, 9.17) is 4.74 Å². The second kappa shape index (κ2) is 6.33. The Morgan fingerprint density at radius 3 is 2.71 bits per heavy atom. The lowest BCUT2D eigenvalue weighted by Crippen LogP contribution is -2.27. The Morgan fingerprint density at radius 1 is 1.33 bits per heavy atom. The highest BCUT2D eigenvalue weighted by molar-refractivity contribution is 7.89. The molecule has 1 fully saturated rings. The zero-order valence-electron chi connectivity index (χ0n) is 11.2. The summed E-state index contributed by atoms with van der Waals surface area (Å²) in [4.78, 5) is -0.385. The first-order valence-electron chi connectivity index (χ1n) is 6.57. The summed E-state index contributed by atoms with van der Waals surface area (Å²) in [6.45, 7) is 0.814. The molecule has 2 rings (SSSR count). The van der Waals surface area contributed by atoms with Gasteiger partial charge in [0.1, 0.15) is 0 Å². The summed E-state index contributed by atoms with van der Waals surface area (Å²) in [6, 6.07) is 3.70. The monoisotopic (exact) mass is 323 g/mol. The summed E-state index contributed by atoms with van der Waals surface area (Å²) in [5.41, 5.74) is -0.982. The molecule has 0 bridgehead atoms. The Morgan fingerprint density at radius 2 is 2.10 bits per heavy atom. The highest BCUT2D eigenvalue weighted by atomic mass is 32.2. The third kappa shape index (κ3) is 4.42. The number of rotatable bonds is 5. The number of nitrogens with one attached hydrogen (secondary N) is 1. The van der Waals surface area contributed by atoms with Gasteiger partial charge >= 0.3 is 6.18 Å². The molecule has 8 heteroatoms. The molecular weight excluding hydrogens is 307 g/mol. The average Bonchev–Trinajstić information content (AvgIpc) is 2.91. The van der Waals surface area contributed by atoms with E-state index in [1.165, 1.54) is 0 Å². The lowest BCUT2D eigenvalue weighted by molar-refractivity contribution is -0.137. The molecule has 1 aromatic carbocycles. The van der Waals surface area contributed by atoms with Gasteiger partial charge in [-0.1, -0.05) is 6.07 Å². The smallest absolute Gasteiger partial charge is 0.378 e. The Hall–Kier alpha value is -1.12. The van der Waals surface area contributed by atoms with Gasteiger partial charge in [0.15, 0.2) is 0 Å². The minimum Gasteiger partial charge on any atom is -0.378 e. The molecular formula is C13H16F3NO3S. The Labute approximate surface area is 121 Å². The highest BCUT2D eigenvalue weighted by Crippen LogP contribution is 2.30. The van der Waals surface area contributed by atoms with Crippen molar-refractivity contribution in [2.75, 3.05) is 13.2 Å². The van der Waals surface area contributed by atoms with E-state index < -0.39 is 21.8 Å². The minimum absolute atomic E-state index is 0.0224. The van der Waals surface area contributed by atoms with E-state index in [9.17, 15) is 21.6 Å². The number of benzene rings is 1. The minimum atomic E-state index is -4.57. The third-order valence-electron chi connectivity index (χ3n) is 3.25. The summed E-state index contributed by atoms with van der Waals surface area (Å²) >= 11 is 0. The number of halogens is 3. The van der Waals surface area contributed by atoms with Gasteiger partial charge in [-0.25, -0.2) is 13.1 Å². The average molecular weight is 323 g/mol. The first kappa shape index (κ1) is 16.3. The SMILES string of the molecule is O=S(=O)(NCC[C@@H]1CCCO1)c1cccc(C(F)(F)F)c1. The fourth-order valence-electron chi connectivity index (χ4n) is 2.15. The number of hydrogen-bond acceptors (Lipinski definition) is 3. The lowest BCUT2D eigenvalue weighted by Gasteiger charge is -2.12. The largest absolute Gasteiger partial charge is 0.416 e. The van der Waals surface area contributed by atoms with E-state index in [-0.39, 0.29) is 17.5 Å². The van der Waals surface area contributed by atoms with Crippen LogP contribution in [0.5, 0.6) is 0 Å². The van der Waals surface area contributed by atoms with Crippen LogP contribution in [-0.4, -0.2) is 27.7 Å². The van der Waals surface area contributed by atoms with Crippen LogP contribution in [0.25, 0.3) is 0 Å². The standard InChI is InChI=1S/C13H16F3NO3S/c14-13(15,16)10-3-1-5-12(9-10)21(18,19)17-7-6-11-4-2-8-20-11/h1,3,5,9,11,17H,2,4,6-8H2/t11-/m0/s1. The molecule has 1 aliphatic heterocycles. The van der Waals surface area contributed by atoms with Gasteiger partial charge in [-0.15, -0.1) is 0 Å². The quantitative estimate of drug-likeness (QED) is 0.906. The molecule has 21 heavy (non-hydrogen) atoms. The number of hydrogen-bond donors (Lipinski definition) is 1. The molecule has 0 radical (unpaired) electrons. The van der Waals surface area contributed by atoms with Crippen molar-refractivity contribution in [2.45, 2.75) is 36.4 Å². The van der Waals surface area contributed by atoms with Gasteiger partial charge in [0.05, 0.1) is 16.6 Å². The highest BCUT2D eigenvalue weighted by Gasteiger charge is 2.31. The van der Waals surface area contributed by atoms with Crippen molar-refractivity contribution in [1.82, 2.24) is 4.72 Å². The maximum absolute atomic E-state index is 12.6. The van der Waals surface area contributed by atoms with E-state index in [2.05, 4.69) is 4.72 Å². The van der Waals surface area contributed by atoms with Crippen molar-refractivity contribution in [1.29, 1.82) is 0 Å². The van der Waals surface area contributed by atoms with E-state index in [1.54, 1.807) is 0 Å². The van der Waals surface area contributed by atoms with Crippen molar-refractivity contribution in [2.24, 2.45) is 0 Å². The number of ether oxygens (including phenoxy) is 1. The first-order valence-corrected chi connectivity index (χ1v) is 8.06. The molecule has 1 N–H and O–H groups in total. The zero-order chi connectivity index (χ0) is 15.5. The van der Waals surface area contributed by atoms with E-state index in [0.29, 0.717) is 19.1 Å². The Bertz CT molecular complexity index is 581. The van der Waals surface area contributed by atoms with Gasteiger partial charge in [0, 0.05) is 13.2 Å². The van der Waals surface area contributed by atoms with Crippen molar-refractivity contribution in [3.05, 3.63) is 29.8 Å². The molecule has 0 aromatic heterocycles. The van der Waals surface area contributed by atoms with E-state index in [1.807, 2.05) is 0 Å². The number of alkyl halides is 3. The molecule has 0 unspecified atom stereocenters. The van der Waals surface area contributed by atoms with Crippen molar-refractivity contribution < 1.29 is 26.3 Å². The van der Waals surface area contributed by atoms with Crippen LogP contribution in [0.2, 0.25) is 0 Å². The van der Waals surface area contributed by atoms with Gasteiger partial charge < -0.3 is 4.74 Å². The topological polar surface area (TPSA) is 55.4 Å². The summed E-state index contributed by atoms with van der Waals surface area (Å²) in [7, 11) is -3.94. The van der Waals surface area contributed by atoms with Gasteiger partial charge in [-0.05, 0) is 37.5 Å². The molecule has 118 valence electrons. The summed E-state index contributed by atoms with van der Waals surface area (Å²) in [5.74, 6) is 0. The molecule has 1 aromatic rings. The predicted octanol–water partition coefficient (Wildman–Crippen LogP) is 2.55. The van der Waals surface area contributed by atoms with E-state index in [0.717, 1.165) is 31.0 Å². The van der Waals surface area contributed by atoms with Crippen LogP contribution in [0, 0.1) is 0 Å². The van der Waals surface area contributed by atoms with Gasteiger partial charge in [0.2, 0.25) is 10.0 Å². The predicted molar refractivity (Wildman–Crippen MR) is 70.2 cm³/mol. The van der Waals surface area contributed by atoms with Crippen LogP contribution in [0.4, 0.5) is 13.2 Å². The molecule has 0 amide bonds. The van der Waals surface area contributed by atoms with Crippen LogP contribution < -0.4 is 4.72 Å². The van der Waals surface area contributed by atoms with Gasteiger partial charge in [-0.3, -0.25) is 0 Å². The van der Waals surface area contributed by atoms with Crippen LogP contribution in [-0.2, 0) is 20.9 Å². The molecule has 1 heterocycles. The molecule has 1 saturated heterocycles. The summed E-state index contributed by atoms with van der Waals surface area (Å²) < 4.78 is 69.3. The van der Waals surface area contributed by atoms with Crippen molar-refractivity contribution >= 4 is 10.0 Å². The molecule has 0 saturated carbocycles. The fourth-order valence-corrected chi connectivity index (χ4v) is 3.24. The summed E-state index contributed by atoms with van der Waals surface area (Å²) in [6.07, 6.45) is -2.20. The number of sulfonamides is 1. The Balaban J connectivity index is 2.01. The first-order chi connectivity index (χ1) is 9.79. The van der Waals surface area contributed by atoms with Crippen LogP contribution >= 0.6 is 0 Å². The van der Waals surface area contributed by atoms with Gasteiger partial charge in [0.25, 0.3) is 0 Å². The van der Waals surface area contributed by atoms with Gasteiger partial charge in [-0.2, -0.15) is 13.2 Å². The molecule has 0 aliphatic carbocycles. The van der Waals surface area contributed by atoms with Crippen molar-refractivity contribution in [3.63, 3.8) is 0 Å². The van der Waals surface area contributed by atoms with Crippen molar-refractivity contribution in [3.8, 4) is 0 Å². The molecule has 1 atom stereocenters. The Kier molecular flexibility index (Phi) is 4.90. The lowest BCUT2D eigenvalue weighted by atomic mass is 10.2. The fraction of sp³-hybridized carbons (Fsp3) is 0.538. The van der Waals surface area contributed by atoms with Crippen LogP contribution in [0.1, 0.15) is 24.8 Å². The molecule has 4 nitrogen and oxygen atoms in total. The third-order valence-corrected chi connectivity index (χ3v) is 4.71. The molecule has 0 spiro atoms. The van der Waals surface area contributed by atoms with E-state index >= 15 is 0 Å².